The molecule has 0 atom stereocenters. The molecule has 0 aliphatic heterocycles. The van der Waals surface area contributed by atoms with Crippen LogP contribution in [0.15, 0.2) is 53.7 Å². The van der Waals surface area contributed by atoms with Crippen LogP contribution in [-0.2, 0) is 0 Å². The van der Waals surface area contributed by atoms with Crippen molar-refractivity contribution in [1.82, 2.24) is 15.2 Å². The number of hydrogen-bond donors (Lipinski definition) is 3. The van der Waals surface area contributed by atoms with Gasteiger partial charge in [0.05, 0.1) is 23.6 Å². The van der Waals surface area contributed by atoms with Gasteiger partial charge < -0.3 is 10.6 Å². The highest BCUT2D eigenvalue weighted by atomic mass is 32.2. The first-order valence-corrected chi connectivity index (χ1v) is 10.3. The second-order valence-corrected chi connectivity index (χ2v) is 7.84. The van der Waals surface area contributed by atoms with Crippen LogP contribution in [0.1, 0.15) is 15.2 Å². The molecule has 4 rings (SSSR count). The lowest BCUT2D eigenvalue weighted by Gasteiger charge is -2.08. The lowest BCUT2D eigenvalue weighted by atomic mass is 10.1. The van der Waals surface area contributed by atoms with Crippen molar-refractivity contribution in [3.05, 3.63) is 59.2 Å². The van der Waals surface area contributed by atoms with Crippen molar-refractivity contribution in [2.24, 2.45) is 0 Å². The van der Waals surface area contributed by atoms with Gasteiger partial charge in [-0.1, -0.05) is 23.5 Å². The van der Waals surface area contributed by atoms with Gasteiger partial charge in [0.25, 0.3) is 5.91 Å². The second kappa shape index (κ2) is 7.42. The van der Waals surface area contributed by atoms with E-state index in [0.717, 1.165) is 27.8 Å². The van der Waals surface area contributed by atoms with Crippen molar-refractivity contribution in [1.29, 1.82) is 0 Å². The maximum absolute atomic E-state index is 12.7. The zero-order valence-electron chi connectivity index (χ0n) is 14.7. The van der Waals surface area contributed by atoms with E-state index in [1.807, 2.05) is 37.4 Å². The van der Waals surface area contributed by atoms with Crippen LogP contribution < -0.4 is 10.6 Å². The number of H-pyrrole nitrogens is 1. The Morgan fingerprint density at radius 2 is 2.11 bits per heavy atom. The Morgan fingerprint density at radius 1 is 1.22 bits per heavy atom. The fourth-order valence-electron chi connectivity index (χ4n) is 2.73. The van der Waals surface area contributed by atoms with Crippen LogP contribution >= 0.6 is 23.1 Å². The average molecular weight is 396 g/mol. The number of anilines is 3. The largest absolute Gasteiger partial charge is 0.331 e. The smallest absolute Gasteiger partial charge is 0.267 e. The third kappa shape index (κ3) is 3.67. The van der Waals surface area contributed by atoms with Gasteiger partial charge in [-0.05, 0) is 43.0 Å². The van der Waals surface area contributed by atoms with E-state index < -0.39 is 0 Å². The van der Waals surface area contributed by atoms with Crippen molar-refractivity contribution < 1.29 is 4.79 Å². The molecule has 6 nitrogen and oxygen atoms in total. The van der Waals surface area contributed by atoms with Gasteiger partial charge in [-0.25, -0.2) is 4.98 Å². The molecular formula is C19H17N5OS2. The molecule has 2 aromatic carbocycles. The number of carbonyl (C=O) groups is 1. The van der Waals surface area contributed by atoms with E-state index in [2.05, 4.69) is 37.9 Å². The van der Waals surface area contributed by atoms with Gasteiger partial charge in [0.2, 0.25) is 0 Å². The van der Waals surface area contributed by atoms with Crippen molar-refractivity contribution in [2.75, 3.05) is 16.9 Å². The lowest BCUT2D eigenvalue weighted by molar-refractivity contribution is 0.103. The average Bonchev–Trinajstić information content (AvgIpc) is 3.33. The predicted octanol–water partition coefficient (Wildman–Crippen LogP) is 5.05. The van der Waals surface area contributed by atoms with E-state index in [1.165, 1.54) is 16.2 Å². The topological polar surface area (TPSA) is 82.7 Å². The Balaban J connectivity index is 1.53. The molecule has 3 N–H and O–H groups in total. The number of thioether (sulfide) groups is 1. The maximum Gasteiger partial charge on any atom is 0.267 e. The summed E-state index contributed by atoms with van der Waals surface area (Å²) in [5.41, 5.74) is 3.58. The quantitative estimate of drug-likeness (QED) is 0.412. The van der Waals surface area contributed by atoms with Crippen LogP contribution in [0.4, 0.5) is 16.5 Å². The van der Waals surface area contributed by atoms with E-state index in [4.69, 9.17) is 0 Å². The molecule has 1 amide bonds. The number of aryl methyl sites for hydroxylation is 1. The number of fused-ring (bicyclic) bond motifs is 1. The molecular weight excluding hydrogens is 378 g/mol. The van der Waals surface area contributed by atoms with Crippen molar-refractivity contribution in [3.8, 4) is 0 Å². The number of nitrogens with one attached hydrogen (secondary N) is 3. The van der Waals surface area contributed by atoms with E-state index >= 15 is 0 Å². The number of aromatic nitrogens is 3. The van der Waals surface area contributed by atoms with Crippen LogP contribution in [-0.4, -0.2) is 27.3 Å². The van der Waals surface area contributed by atoms with Gasteiger partial charge in [-0.3, -0.25) is 9.89 Å². The minimum Gasteiger partial charge on any atom is -0.331 e. The minimum atomic E-state index is -0.185. The number of hydrogen-bond acceptors (Lipinski definition) is 6. The standard InChI is InChI=1S/C19H17N5OS2/c1-11-6-7-15-14(9-21-24-15)17(11)23-18(25)16-10-20-19(27-16)22-12-4-3-5-13(8-12)26-2/h3-10H,1-2H3,(H,20,22)(H,21,24)(H,23,25). The third-order valence-corrected chi connectivity index (χ3v) is 5.76. The molecule has 0 saturated carbocycles. The fraction of sp³-hybridized carbons (Fsp3) is 0.105. The Morgan fingerprint density at radius 3 is 2.96 bits per heavy atom. The molecule has 8 heteroatoms. The molecule has 136 valence electrons. The lowest BCUT2D eigenvalue weighted by Crippen LogP contribution is -2.11. The highest BCUT2D eigenvalue weighted by Gasteiger charge is 2.14. The molecule has 0 aliphatic carbocycles. The van der Waals surface area contributed by atoms with E-state index in [9.17, 15) is 4.79 Å². The van der Waals surface area contributed by atoms with Gasteiger partial charge in [0.1, 0.15) is 4.88 Å². The molecule has 27 heavy (non-hydrogen) atoms. The molecule has 0 saturated heterocycles. The molecule has 0 unspecified atom stereocenters. The van der Waals surface area contributed by atoms with Crippen molar-refractivity contribution in [2.45, 2.75) is 11.8 Å². The van der Waals surface area contributed by atoms with Crippen LogP contribution in [0.2, 0.25) is 0 Å². The van der Waals surface area contributed by atoms with Gasteiger partial charge in [0, 0.05) is 16.0 Å². The second-order valence-electron chi connectivity index (χ2n) is 5.93. The summed E-state index contributed by atoms with van der Waals surface area (Å²) in [6, 6.07) is 12.0. The van der Waals surface area contributed by atoms with E-state index in [-0.39, 0.29) is 5.91 Å². The summed E-state index contributed by atoms with van der Waals surface area (Å²) in [6.07, 6.45) is 5.34. The molecule has 0 spiro atoms. The number of thiazole rings is 1. The molecule has 0 aliphatic rings. The van der Waals surface area contributed by atoms with Gasteiger partial charge in [-0.2, -0.15) is 5.10 Å². The van der Waals surface area contributed by atoms with Crippen LogP contribution in [0, 0.1) is 6.92 Å². The summed E-state index contributed by atoms with van der Waals surface area (Å²) in [5, 5.41) is 14.8. The molecule has 2 heterocycles. The number of rotatable bonds is 5. The highest BCUT2D eigenvalue weighted by molar-refractivity contribution is 7.98. The summed E-state index contributed by atoms with van der Waals surface area (Å²) in [7, 11) is 0. The Hall–Kier alpha value is -2.84. The molecule has 0 radical (unpaired) electrons. The molecule has 0 fully saturated rings. The molecule has 2 aromatic heterocycles. The van der Waals surface area contributed by atoms with Crippen LogP contribution in [0.3, 0.4) is 0 Å². The van der Waals surface area contributed by atoms with Crippen LogP contribution in [0.5, 0.6) is 0 Å². The SMILES string of the molecule is CSc1cccc(Nc2ncc(C(=O)Nc3c(C)ccc4[nH]ncc34)s2)c1. The summed E-state index contributed by atoms with van der Waals surface area (Å²) in [5.74, 6) is -0.185. The monoisotopic (exact) mass is 395 g/mol. The third-order valence-electron chi connectivity index (χ3n) is 4.12. The predicted molar refractivity (Wildman–Crippen MR) is 112 cm³/mol. The Bertz CT molecular complexity index is 1120. The Kier molecular flexibility index (Phi) is 4.83. The number of benzene rings is 2. The molecule has 4 aromatic rings. The minimum absolute atomic E-state index is 0.185. The number of aromatic amines is 1. The van der Waals surface area contributed by atoms with Gasteiger partial charge in [-0.15, -0.1) is 11.8 Å². The van der Waals surface area contributed by atoms with E-state index in [1.54, 1.807) is 24.2 Å². The number of nitrogens with zero attached hydrogens (tertiary/aromatic N) is 2. The van der Waals surface area contributed by atoms with Crippen LogP contribution in [0.25, 0.3) is 10.9 Å². The summed E-state index contributed by atoms with van der Waals surface area (Å²) in [4.78, 5) is 18.7. The van der Waals surface area contributed by atoms with E-state index in [0.29, 0.717) is 10.0 Å². The first kappa shape index (κ1) is 17.6. The maximum atomic E-state index is 12.7. The van der Waals surface area contributed by atoms with Crippen molar-refractivity contribution >= 4 is 56.4 Å². The normalized spacial score (nSPS) is 10.9. The van der Waals surface area contributed by atoms with Gasteiger partial charge in [0.15, 0.2) is 5.13 Å². The molecule has 0 bridgehead atoms. The van der Waals surface area contributed by atoms with Crippen molar-refractivity contribution in [3.63, 3.8) is 0 Å². The zero-order chi connectivity index (χ0) is 18.8. The first-order chi connectivity index (χ1) is 13.1. The summed E-state index contributed by atoms with van der Waals surface area (Å²) < 4.78 is 0. The van der Waals surface area contributed by atoms with Gasteiger partial charge >= 0.3 is 0 Å². The zero-order valence-corrected chi connectivity index (χ0v) is 16.4. The first-order valence-electron chi connectivity index (χ1n) is 8.25. The number of carbonyl (C=O) groups excluding carboxylic acids is 1. The Labute approximate surface area is 164 Å². The number of amides is 1. The fourth-order valence-corrected chi connectivity index (χ4v) is 3.92. The summed E-state index contributed by atoms with van der Waals surface area (Å²) in [6.45, 7) is 1.96. The highest BCUT2D eigenvalue weighted by Crippen LogP contribution is 2.29. The summed E-state index contributed by atoms with van der Waals surface area (Å²) >= 11 is 3.00.